The number of furan rings is 1. The molecule has 0 fully saturated rings. The number of para-hydroxylation sites is 1. The lowest BCUT2D eigenvalue weighted by Gasteiger charge is -2.13. The summed E-state index contributed by atoms with van der Waals surface area (Å²) in [4.78, 5) is 31.2. The fraction of sp³-hybridized carbons (Fsp3) is 0.148. The highest BCUT2D eigenvalue weighted by molar-refractivity contribution is 7.99. The van der Waals surface area contributed by atoms with Crippen LogP contribution < -0.4 is 15.6 Å². The Kier molecular flexibility index (Phi) is 6.05. The van der Waals surface area contributed by atoms with Gasteiger partial charge in [0, 0.05) is 17.1 Å². The van der Waals surface area contributed by atoms with Crippen molar-refractivity contribution in [1.82, 2.24) is 9.55 Å². The normalized spacial score (nSPS) is 11.2. The number of hydrogen-bond donors (Lipinski definition) is 1. The number of nitrogens with zero attached hydrogens (tertiary/aromatic N) is 2. The van der Waals surface area contributed by atoms with Gasteiger partial charge in [0.1, 0.15) is 16.8 Å². The van der Waals surface area contributed by atoms with Crippen molar-refractivity contribution >= 4 is 45.4 Å². The van der Waals surface area contributed by atoms with Crippen LogP contribution in [0.4, 0.5) is 5.69 Å². The van der Waals surface area contributed by atoms with Crippen molar-refractivity contribution in [2.45, 2.75) is 19.0 Å². The fourth-order valence-electron chi connectivity index (χ4n) is 4.05. The molecule has 0 saturated carbocycles. The molecule has 7 nitrogen and oxygen atoms in total. The number of anilines is 1. The maximum Gasteiger partial charge on any atom is 0.302 e. The average Bonchev–Trinajstić information content (AvgIpc) is 3.21. The lowest BCUT2D eigenvalue weighted by atomic mass is 10.1. The van der Waals surface area contributed by atoms with Crippen molar-refractivity contribution in [2.24, 2.45) is 0 Å². The van der Waals surface area contributed by atoms with E-state index < -0.39 is 0 Å². The van der Waals surface area contributed by atoms with Crippen LogP contribution >= 0.6 is 11.8 Å². The number of hydrogen-bond acceptors (Lipinski definition) is 6. The summed E-state index contributed by atoms with van der Waals surface area (Å²) in [6.07, 6.45) is 0. The van der Waals surface area contributed by atoms with Gasteiger partial charge in [-0.05, 0) is 61.4 Å². The van der Waals surface area contributed by atoms with Gasteiger partial charge in [-0.25, -0.2) is 4.98 Å². The fourth-order valence-corrected chi connectivity index (χ4v) is 4.86. The number of ether oxygens (including phenoxy) is 1. The molecule has 0 unspecified atom stereocenters. The maximum absolute atomic E-state index is 13.6. The van der Waals surface area contributed by atoms with Gasteiger partial charge in [0.2, 0.25) is 11.5 Å². The molecule has 8 heteroatoms. The van der Waals surface area contributed by atoms with Crippen molar-refractivity contribution < 1.29 is 13.9 Å². The monoisotopic (exact) mass is 485 g/mol. The minimum absolute atomic E-state index is 0.0652. The van der Waals surface area contributed by atoms with Gasteiger partial charge in [-0.3, -0.25) is 14.2 Å². The number of carbonyl (C=O) groups excluding carboxylic acids is 1. The predicted octanol–water partition coefficient (Wildman–Crippen LogP) is 5.49. The van der Waals surface area contributed by atoms with Crippen LogP contribution in [0.3, 0.4) is 0 Å². The number of thioether (sulfide) groups is 1. The van der Waals surface area contributed by atoms with E-state index in [1.54, 1.807) is 31.4 Å². The number of nitrogens with one attached hydrogen (secondary N) is 1. The molecular formula is C27H23N3O4S. The zero-order valence-electron chi connectivity index (χ0n) is 19.5. The first kappa shape index (κ1) is 22.7. The molecule has 5 rings (SSSR count). The summed E-state index contributed by atoms with van der Waals surface area (Å²) < 4.78 is 12.6. The van der Waals surface area contributed by atoms with Crippen LogP contribution in [0.5, 0.6) is 5.75 Å². The molecule has 0 aliphatic heterocycles. The van der Waals surface area contributed by atoms with Gasteiger partial charge in [0.05, 0.1) is 18.6 Å². The summed E-state index contributed by atoms with van der Waals surface area (Å²) in [5.74, 6) is 0.495. The van der Waals surface area contributed by atoms with Crippen LogP contribution in [0.15, 0.2) is 81.1 Å². The third kappa shape index (κ3) is 4.52. The van der Waals surface area contributed by atoms with Crippen LogP contribution in [-0.2, 0) is 4.79 Å². The van der Waals surface area contributed by atoms with E-state index in [0.717, 1.165) is 16.5 Å². The molecule has 35 heavy (non-hydrogen) atoms. The maximum atomic E-state index is 13.6. The minimum Gasteiger partial charge on any atom is -0.497 e. The standard InChI is InChI=1S/C27H23N3O4S/c1-16-11-17(2)13-19(12-16)30-26(32)25-24(21-9-4-5-10-22(21)34-25)29-27(30)35-15-23(31)28-18-7-6-8-20(14-18)33-3/h4-14H,15H2,1-3H3,(H,28,31). The van der Waals surface area contributed by atoms with Crippen molar-refractivity contribution in [3.05, 3.63) is 88.2 Å². The van der Waals surface area contributed by atoms with Crippen LogP contribution in [0.1, 0.15) is 11.1 Å². The quantitative estimate of drug-likeness (QED) is 0.253. The number of aryl methyl sites for hydroxylation is 2. The predicted molar refractivity (Wildman–Crippen MR) is 139 cm³/mol. The first-order valence-corrected chi connectivity index (χ1v) is 12.0. The number of amides is 1. The van der Waals surface area contributed by atoms with Gasteiger partial charge in [-0.2, -0.15) is 0 Å². The van der Waals surface area contributed by atoms with Crippen molar-refractivity contribution in [3.8, 4) is 11.4 Å². The summed E-state index contributed by atoms with van der Waals surface area (Å²) in [7, 11) is 1.57. The number of aromatic nitrogens is 2. The van der Waals surface area contributed by atoms with Crippen LogP contribution in [0.25, 0.3) is 27.8 Å². The van der Waals surface area contributed by atoms with Crippen LogP contribution in [0.2, 0.25) is 0 Å². The largest absolute Gasteiger partial charge is 0.497 e. The highest BCUT2D eigenvalue weighted by Crippen LogP contribution is 2.29. The van der Waals surface area contributed by atoms with Crippen LogP contribution in [-0.4, -0.2) is 28.3 Å². The van der Waals surface area contributed by atoms with E-state index in [4.69, 9.17) is 14.1 Å². The highest BCUT2D eigenvalue weighted by Gasteiger charge is 2.20. The molecule has 0 atom stereocenters. The second kappa shape index (κ2) is 9.31. The Balaban J connectivity index is 1.56. The Bertz CT molecular complexity index is 1620. The summed E-state index contributed by atoms with van der Waals surface area (Å²) in [5.41, 5.74) is 4.30. The minimum atomic E-state index is -0.313. The Morgan fingerprint density at radius 1 is 1.06 bits per heavy atom. The molecule has 2 heterocycles. The molecule has 0 radical (unpaired) electrons. The van der Waals surface area contributed by atoms with Crippen molar-refractivity contribution in [3.63, 3.8) is 0 Å². The Morgan fingerprint density at radius 2 is 1.83 bits per heavy atom. The molecule has 0 saturated heterocycles. The second-order valence-corrected chi connectivity index (χ2v) is 9.17. The van der Waals surface area contributed by atoms with Gasteiger partial charge < -0.3 is 14.5 Å². The highest BCUT2D eigenvalue weighted by atomic mass is 32.2. The van der Waals surface area contributed by atoms with E-state index in [-0.39, 0.29) is 22.8 Å². The third-order valence-electron chi connectivity index (χ3n) is 5.52. The number of fused-ring (bicyclic) bond motifs is 3. The zero-order valence-corrected chi connectivity index (χ0v) is 20.3. The number of carbonyl (C=O) groups is 1. The van der Waals surface area contributed by atoms with Gasteiger partial charge in [0.15, 0.2) is 5.16 Å². The first-order valence-electron chi connectivity index (χ1n) is 11.0. The molecule has 2 aromatic heterocycles. The third-order valence-corrected chi connectivity index (χ3v) is 6.45. The van der Waals surface area contributed by atoms with E-state index in [1.165, 1.54) is 16.3 Å². The lowest BCUT2D eigenvalue weighted by Crippen LogP contribution is -2.22. The van der Waals surface area contributed by atoms with Gasteiger partial charge >= 0.3 is 5.56 Å². The molecule has 0 bridgehead atoms. The van der Waals surface area contributed by atoms with E-state index in [2.05, 4.69) is 5.32 Å². The number of methoxy groups -OCH3 is 1. The number of benzene rings is 3. The van der Waals surface area contributed by atoms with E-state index in [1.807, 2.05) is 56.3 Å². The van der Waals surface area contributed by atoms with Crippen molar-refractivity contribution in [1.29, 1.82) is 0 Å². The molecule has 0 aliphatic carbocycles. The summed E-state index contributed by atoms with van der Waals surface area (Å²) in [6, 6.07) is 20.4. The molecule has 3 aromatic carbocycles. The lowest BCUT2D eigenvalue weighted by molar-refractivity contribution is -0.113. The van der Waals surface area contributed by atoms with E-state index >= 15 is 0 Å². The first-order chi connectivity index (χ1) is 16.9. The zero-order chi connectivity index (χ0) is 24.5. The molecule has 5 aromatic rings. The molecule has 176 valence electrons. The molecule has 0 spiro atoms. The molecular weight excluding hydrogens is 462 g/mol. The summed E-state index contributed by atoms with van der Waals surface area (Å²) in [6.45, 7) is 3.95. The van der Waals surface area contributed by atoms with Gasteiger partial charge in [-0.1, -0.05) is 36.0 Å². The van der Waals surface area contributed by atoms with E-state index in [9.17, 15) is 9.59 Å². The Labute approximate surface area is 205 Å². The molecule has 0 aliphatic rings. The molecule has 1 N–H and O–H groups in total. The summed E-state index contributed by atoms with van der Waals surface area (Å²) >= 11 is 1.20. The molecule has 1 amide bonds. The average molecular weight is 486 g/mol. The second-order valence-electron chi connectivity index (χ2n) is 8.23. The summed E-state index contributed by atoms with van der Waals surface area (Å²) in [5, 5.41) is 4.04. The Morgan fingerprint density at radius 3 is 2.60 bits per heavy atom. The number of rotatable bonds is 6. The van der Waals surface area contributed by atoms with E-state index in [0.29, 0.717) is 33.4 Å². The Hall–Kier alpha value is -4.04. The van der Waals surface area contributed by atoms with Gasteiger partial charge in [0.25, 0.3) is 0 Å². The topological polar surface area (TPSA) is 86.4 Å². The van der Waals surface area contributed by atoms with Crippen LogP contribution in [0, 0.1) is 13.8 Å². The SMILES string of the molecule is COc1cccc(NC(=O)CSc2nc3c(oc4ccccc43)c(=O)n2-c2cc(C)cc(C)c2)c1. The van der Waals surface area contributed by atoms with Gasteiger partial charge in [-0.15, -0.1) is 0 Å². The van der Waals surface area contributed by atoms with Crippen molar-refractivity contribution in [2.75, 3.05) is 18.2 Å². The smallest absolute Gasteiger partial charge is 0.302 e.